The van der Waals surface area contributed by atoms with E-state index in [0.29, 0.717) is 0 Å². The van der Waals surface area contributed by atoms with Gasteiger partial charge in [0, 0.05) is 6.04 Å². The van der Waals surface area contributed by atoms with Crippen LogP contribution < -0.4 is 10.6 Å². The van der Waals surface area contributed by atoms with Crippen LogP contribution in [-0.4, -0.2) is 35.3 Å². The summed E-state index contributed by atoms with van der Waals surface area (Å²) in [5, 5.41) is 4.99. The summed E-state index contributed by atoms with van der Waals surface area (Å²) in [6.45, 7) is 4.42. The molecule has 0 bridgehead atoms. The monoisotopic (exact) mass is 325 g/mol. The normalized spacial score (nSPS) is 20.9. The Balaban J connectivity index is 2.25. The molecule has 0 saturated carbocycles. The largest absolute Gasteiger partial charge is 0.352 e. The first-order chi connectivity index (χ1) is 10.6. The van der Waals surface area contributed by atoms with Crippen LogP contribution in [0.5, 0.6) is 0 Å². The highest BCUT2D eigenvalue weighted by Gasteiger charge is 2.49. The third-order valence-electron chi connectivity index (χ3n) is 3.52. The Morgan fingerprint density at radius 3 is 2.52 bits per heavy atom. The van der Waals surface area contributed by atoms with Gasteiger partial charge in [0.05, 0.1) is 0 Å². The molecule has 1 fully saturated rings. The Bertz CT molecular complexity index is 678. The molecular weight excluding hydrogens is 308 g/mol. The van der Waals surface area contributed by atoms with Crippen LogP contribution in [0.3, 0.4) is 0 Å². The average Bonchev–Trinajstić information content (AvgIpc) is 2.65. The first kappa shape index (κ1) is 16.9. The number of carbonyl (C=O) groups is 3. The number of nitrogens with zero attached hydrogens (tertiary/aromatic N) is 1. The van der Waals surface area contributed by atoms with Gasteiger partial charge in [-0.3, -0.25) is 14.5 Å². The van der Waals surface area contributed by atoms with Gasteiger partial charge in [-0.2, -0.15) is 0 Å². The lowest BCUT2D eigenvalue weighted by Gasteiger charge is -2.22. The zero-order valence-corrected chi connectivity index (χ0v) is 12.9. The predicted molar refractivity (Wildman–Crippen MR) is 77.2 cm³/mol. The summed E-state index contributed by atoms with van der Waals surface area (Å²) in [5.74, 6) is -3.37. The van der Waals surface area contributed by atoms with E-state index in [9.17, 15) is 23.2 Å². The van der Waals surface area contributed by atoms with Crippen molar-refractivity contribution in [3.05, 3.63) is 35.4 Å². The smallest absolute Gasteiger partial charge is 0.325 e. The molecule has 23 heavy (non-hydrogen) atoms. The second kappa shape index (κ2) is 5.94. The number of hydrogen-bond acceptors (Lipinski definition) is 3. The summed E-state index contributed by atoms with van der Waals surface area (Å²) in [6.07, 6.45) is 0. The molecule has 1 saturated heterocycles. The molecule has 1 aliphatic rings. The molecule has 6 nitrogen and oxygen atoms in total. The maximum absolute atomic E-state index is 13.4. The number of halogens is 2. The molecular formula is C15H17F2N3O3. The molecule has 1 aromatic rings. The van der Waals surface area contributed by atoms with Crippen molar-refractivity contribution in [1.82, 2.24) is 15.5 Å². The molecule has 0 spiro atoms. The first-order valence-corrected chi connectivity index (χ1v) is 7.04. The Hall–Kier alpha value is -2.51. The lowest BCUT2D eigenvalue weighted by Crippen LogP contribution is -2.44. The molecule has 2 rings (SSSR count). The van der Waals surface area contributed by atoms with E-state index in [2.05, 4.69) is 10.6 Å². The SMILES string of the molecule is CC(C)NC(=O)CN1C(=O)N[C@](C)(c2ccc(F)c(F)c2)C1=O. The van der Waals surface area contributed by atoms with Crippen molar-refractivity contribution >= 4 is 17.8 Å². The first-order valence-electron chi connectivity index (χ1n) is 7.04. The number of rotatable bonds is 4. The minimum absolute atomic E-state index is 0.0986. The Labute approximate surface area is 131 Å². The van der Waals surface area contributed by atoms with Crippen molar-refractivity contribution in [3.63, 3.8) is 0 Å². The van der Waals surface area contributed by atoms with Crippen molar-refractivity contribution in [2.75, 3.05) is 6.54 Å². The van der Waals surface area contributed by atoms with E-state index in [-0.39, 0.29) is 11.6 Å². The third kappa shape index (κ3) is 3.15. The molecule has 2 N–H and O–H groups in total. The second-order valence-corrected chi connectivity index (χ2v) is 5.80. The van der Waals surface area contributed by atoms with E-state index < -0.39 is 41.6 Å². The van der Waals surface area contributed by atoms with Gasteiger partial charge in [-0.05, 0) is 38.5 Å². The second-order valence-electron chi connectivity index (χ2n) is 5.80. The Kier molecular flexibility index (Phi) is 4.35. The van der Waals surface area contributed by atoms with Crippen molar-refractivity contribution in [2.45, 2.75) is 32.4 Å². The number of urea groups is 1. The lowest BCUT2D eigenvalue weighted by molar-refractivity contribution is -0.135. The summed E-state index contributed by atoms with van der Waals surface area (Å²) in [7, 11) is 0. The van der Waals surface area contributed by atoms with Gasteiger partial charge < -0.3 is 10.6 Å². The summed E-state index contributed by atoms with van der Waals surface area (Å²) < 4.78 is 26.4. The molecule has 8 heteroatoms. The fourth-order valence-electron chi connectivity index (χ4n) is 2.35. The van der Waals surface area contributed by atoms with Crippen LogP contribution >= 0.6 is 0 Å². The Morgan fingerprint density at radius 1 is 1.30 bits per heavy atom. The van der Waals surface area contributed by atoms with Crippen molar-refractivity contribution in [2.24, 2.45) is 0 Å². The highest BCUT2D eigenvalue weighted by Crippen LogP contribution is 2.29. The third-order valence-corrected chi connectivity index (χ3v) is 3.52. The standard InChI is InChI=1S/C15H17F2N3O3/c1-8(2)18-12(21)7-20-13(22)15(3,19-14(20)23)9-4-5-10(16)11(17)6-9/h4-6,8H,7H2,1-3H3,(H,18,21)(H,19,23)/t15-/m1/s1. The molecule has 0 unspecified atom stereocenters. The van der Waals surface area contributed by atoms with Crippen LogP contribution in [0, 0.1) is 11.6 Å². The van der Waals surface area contributed by atoms with Crippen molar-refractivity contribution in [1.29, 1.82) is 0 Å². The fourth-order valence-corrected chi connectivity index (χ4v) is 2.35. The average molecular weight is 325 g/mol. The highest BCUT2D eigenvalue weighted by atomic mass is 19.2. The zero-order valence-electron chi connectivity index (χ0n) is 12.9. The van der Waals surface area contributed by atoms with Crippen LogP contribution in [0.4, 0.5) is 13.6 Å². The number of nitrogens with one attached hydrogen (secondary N) is 2. The Morgan fingerprint density at radius 2 is 1.96 bits per heavy atom. The number of imide groups is 1. The van der Waals surface area contributed by atoms with Crippen LogP contribution in [0.25, 0.3) is 0 Å². The van der Waals surface area contributed by atoms with Crippen molar-refractivity contribution in [3.8, 4) is 0 Å². The van der Waals surface area contributed by atoms with Gasteiger partial charge >= 0.3 is 6.03 Å². The number of amides is 4. The van der Waals surface area contributed by atoms with Gasteiger partial charge in [0.25, 0.3) is 5.91 Å². The van der Waals surface area contributed by atoms with Crippen LogP contribution in [0.2, 0.25) is 0 Å². The van der Waals surface area contributed by atoms with Gasteiger partial charge in [-0.1, -0.05) is 6.07 Å². The molecule has 1 aliphatic heterocycles. The maximum Gasteiger partial charge on any atom is 0.325 e. The molecule has 1 aromatic carbocycles. The topological polar surface area (TPSA) is 78.5 Å². The summed E-state index contributed by atoms with van der Waals surface area (Å²) in [6, 6.07) is 2.05. The predicted octanol–water partition coefficient (Wildman–Crippen LogP) is 1.26. The zero-order chi connectivity index (χ0) is 17.4. The summed E-state index contributed by atoms with van der Waals surface area (Å²) >= 11 is 0. The van der Waals surface area contributed by atoms with E-state index >= 15 is 0 Å². The lowest BCUT2D eigenvalue weighted by atomic mass is 9.92. The molecule has 4 amide bonds. The quantitative estimate of drug-likeness (QED) is 0.818. The number of hydrogen-bond donors (Lipinski definition) is 2. The highest BCUT2D eigenvalue weighted by molar-refractivity contribution is 6.09. The number of carbonyl (C=O) groups excluding carboxylic acids is 3. The molecule has 0 aromatic heterocycles. The van der Waals surface area contributed by atoms with Crippen molar-refractivity contribution < 1.29 is 23.2 Å². The van der Waals surface area contributed by atoms with E-state index in [0.717, 1.165) is 17.0 Å². The minimum Gasteiger partial charge on any atom is -0.352 e. The van der Waals surface area contributed by atoms with E-state index in [1.165, 1.54) is 13.0 Å². The van der Waals surface area contributed by atoms with E-state index in [1.807, 2.05) is 0 Å². The van der Waals surface area contributed by atoms with Crippen LogP contribution in [0.15, 0.2) is 18.2 Å². The van der Waals surface area contributed by atoms with Gasteiger partial charge in [-0.15, -0.1) is 0 Å². The van der Waals surface area contributed by atoms with Gasteiger partial charge in [0.2, 0.25) is 5.91 Å². The van der Waals surface area contributed by atoms with Gasteiger partial charge in [0.1, 0.15) is 12.1 Å². The summed E-state index contributed by atoms with van der Waals surface area (Å²) in [4.78, 5) is 37.0. The fraction of sp³-hybridized carbons (Fsp3) is 0.400. The molecule has 0 radical (unpaired) electrons. The summed E-state index contributed by atoms with van der Waals surface area (Å²) in [5.41, 5.74) is -1.45. The van der Waals surface area contributed by atoms with E-state index in [4.69, 9.17) is 0 Å². The van der Waals surface area contributed by atoms with Crippen LogP contribution in [0.1, 0.15) is 26.3 Å². The molecule has 1 heterocycles. The molecule has 1 atom stereocenters. The number of benzene rings is 1. The van der Waals surface area contributed by atoms with Gasteiger partial charge in [0.15, 0.2) is 11.6 Å². The van der Waals surface area contributed by atoms with Gasteiger partial charge in [-0.25, -0.2) is 13.6 Å². The van der Waals surface area contributed by atoms with Crippen LogP contribution in [-0.2, 0) is 15.1 Å². The van der Waals surface area contributed by atoms with E-state index in [1.54, 1.807) is 13.8 Å². The maximum atomic E-state index is 13.4. The molecule has 0 aliphatic carbocycles. The minimum atomic E-state index is -1.55. The molecule has 124 valence electrons.